The van der Waals surface area contributed by atoms with Gasteiger partial charge in [-0.25, -0.2) is 4.79 Å². The molecule has 1 aromatic carbocycles. The normalized spacial score (nSPS) is 20.1. The van der Waals surface area contributed by atoms with Gasteiger partial charge in [-0.05, 0) is 44.7 Å². The predicted octanol–water partition coefficient (Wildman–Crippen LogP) is 2.68. The second-order valence-corrected chi connectivity index (χ2v) is 8.38. The summed E-state index contributed by atoms with van der Waals surface area (Å²) in [6, 6.07) is 6.10. The summed E-state index contributed by atoms with van der Waals surface area (Å²) in [5.41, 5.74) is 0.973. The minimum absolute atomic E-state index is 0.0231. The zero-order chi connectivity index (χ0) is 19.4. The van der Waals surface area contributed by atoms with Crippen molar-refractivity contribution in [3.63, 3.8) is 0 Å². The van der Waals surface area contributed by atoms with Crippen molar-refractivity contribution in [1.82, 2.24) is 4.90 Å². The zero-order valence-corrected chi connectivity index (χ0v) is 16.4. The molecule has 0 bridgehead atoms. The van der Waals surface area contributed by atoms with Crippen LogP contribution in [0.1, 0.15) is 37.7 Å². The lowest BCUT2D eigenvalue weighted by atomic mass is 10.1. The molecule has 0 spiro atoms. The molecular weight excluding hydrogens is 368 g/mol. The Labute approximate surface area is 159 Å². The average molecular weight is 392 g/mol. The molecule has 0 aliphatic carbocycles. The van der Waals surface area contributed by atoms with Crippen LogP contribution in [-0.4, -0.2) is 51.0 Å². The fraction of sp³-hybridized carbons (Fsp3) is 0.556. The van der Waals surface area contributed by atoms with Gasteiger partial charge in [0.2, 0.25) is 0 Å². The minimum atomic E-state index is -3.86. The Hall–Kier alpha value is -2.29. The molecule has 0 saturated carbocycles. The molecule has 146 valence electrons. The second kappa shape index (κ2) is 8.16. The van der Waals surface area contributed by atoms with E-state index in [0.717, 1.165) is 18.4 Å². The largest absolute Gasteiger partial charge is 0.467 e. The van der Waals surface area contributed by atoms with E-state index in [1.54, 1.807) is 29.2 Å². The molecule has 2 aliphatic rings. The number of esters is 1. The van der Waals surface area contributed by atoms with Crippen LogP contribution in [0.2, 0.25) is 0 Å². The maximum absolute atomic E-state index is 12.8. The molecule has 27 heavy (non-hydrogen) atoms. The van der Waals surface area contributed by atoms with E-state index in [2.05, 4.69) is 14.6 Å². The van der Waals surface area contributed by atoms with Gasteiger partial charge in [-0.3, -0.25) is 0 Å². The monoisotopic (exact) mass is 392 g/mol. The van der Waals surface area contributed by atoms with Crippen molar-refractivity contribution in [1.29, 1.82) is 0 Å². The van der Waals surface area contributed by atoms with Crippen LogP contribution >= 0.6 is 0 Å². The van der Waals surface area contributed by atoms with Gasteiger partial charge in [0.15, 0.2) is 6.17 Å². The van der Waals surface area contributed by atoms with Crippen LogP contribution in [0.4, 0.5) is 0 Å². The van der Waals surface area contributed by atoms with Crippen LogP contribution in [0.3, 0.4) is 0 Å². The number of carbonyl (C=O) groups is 1. The van der Waals surface area contributed by atoms with E-state index < -0.39 is 16.1 Å². The molecule has 1 fully saturated rings. The fourth-order valence-corrected chi connectivity index (χ4v) is 4.26. The lowest BCUT2D eigenvalue weighted by Crippen LogP contribution is -2.41. The van der Waals surface area contributed by atoms with E-state index in [0.29, 0.717) is 31.6 Å². The molecular formula is C18H24N4O4S. The van der Waals surface area contributed by atoms with E-state index in [-0.39, 0.29) is 17.0 Å². The van der Waals surface area contributed by atoms with Crippen molar-refractivity contribution in [3.8, 4) is 0 Å². The van der Waals surface area contributed by atoms with Gasteiger partial charge in [0.05, 0.1) is 12.0 Å². The first-order valence-electron chi connectivity index (χ1n) is 9.05. The Balaban J connectivity index is 1.86. The number of sulfonamides is 1. The Morgan fingerprint density at radius 1 is 1.30 bits per heavy atom. The number of carbonyl (C=O) groups excluding carboxylic acids is 1. The molecule has 2 aliphatic heterocycles. The van der Waals surface area contributed by atoms with E-state index in [1.165, 1.54) is 7.11 Å². The first-order valence-corrected chi connectivity index (χ1v) is 10.5. The fourth-order valence-electron chi connectivity index (χ4n) is 3.21. The quantitative estimate of drug-likeness (QED) is 0.403. The van der Waals surface area contributed by atoms with Crippen molar-refractivity contribution < 1.29 is 17.9 Å². The van der Waals surface area contributed by atoms with Gasteiger partial charge in [-0.1, -0.05) is 17.7 Å². The Bertz CT molecular complexity index is 843. The number of amidine groups is 1. The minimum Gasteiger partial charge on any atom is -0.467 e. The van der Waals surface area contributed by atoms with Gasteiger partial charge in [-0.15, -0.1) is 4.40 Å². The average Bonchev–Trinajstić information content (AvgIpc) is 3.33. The molecule has 1 unspecified atom stereocenters. The highest BCUT2D eigenvalue weighted by molar-refractivity contribution is 7.90. The molecule has 0 radical (unpaired) electrons. The van der Waals surface area contributed by atoms with Crippen LogP contribution in [0.15, 0.2) is 43.8 Å². The predicted molar refractivity (Wildman–Crippen MR) is 100 cm³/mol. The molecule has 9 heteroatoms. The Morgan fingerprint density at radius 3 is 2.63 bits per heavy atom. The number of ether oxygens (including phenoxy) is 1. The molecule has 8 nitrogen and oxygen atoms in total. The first kappa shape index (κ1) is 19.5. The highest BCUT2D eigenvalue weighted by Crippen LogP contribution is 2.25. The van der Waals surface area contributed by atoms with Crippen molar-refractivity contribution in [3.05, 3.63) is 29.8 Å². The van der Waals surface area contributed by atoms with Gasteiger partial charge in [-0.2, -0.15) is 18.6 Å². The SMILES string of the molecule is COC(=O)C1CCCN1C(CCCC1N=N1)=NS(=O)(=O)c1ccc(C)cc1. The van der Waals surface area contributed by atoms with Crippen molar-refractivity contribution in [2.24, 2.45) is 14.6 Å². The standard InChI is InChI=1S/C18H24N4O4S/c1-13-8-10-14(11-9-13)27(24,25)21-17(7-3-6-16-19-20-16)22-12-4-5-15(22)18(23)26-2/h8-11,15-16H,3-7,12H2,1-2H3. The molecule has 0 amide bonds. The van der Waals surface area contributed by atoms with E-state index in [1.807, 2.05) is 6.92 Å². The maximum atomic E-state index is 12.8. The lowest BCUT2D eigenvalue weighted by Gasteiger charge is -2.26. The Morgan fingerprint density at radius 2 is 2.00 bits per heavy atom. The van der Waals surface area contributed by atoms with Crippen LogP contribution < -0.4 is 0 Å². The van der Waals surface area contributed by atoms with Gasteiger partial charge in [0, 0.05) is 13.0 Å². The third-order valence-corrected chi connectivity index (χ3v) is 6.06. The van der Waals surface area contributed by atoms with Crippen LogP contribution in [0.25, 0.3) is 0 Å². The van der Waals surface area contributed by atoms with Gasteiger partial charge in [0.1, 0.15) is 11.9 Å². The summed E-state index contributed by atoms with van der Waals surface area (Å²) < 4.78 is 34.6. The van der Waals surface area contributed by atoms with Crippen LogP contribution in [0, 0.1) is 6.92 Å². The maximum Gasteiger partial charge on any atom is 0.328 e. The topological polar surface area (TPSA) is 101 Å². The van der Waals surface area contributed by atoms with Crippen LogP contribution in [-0.2, 0) is 19.6 Å². The molecule has 0 N–H and O–H groups in total. The molecule has 0 aromatic heterocycles. The third kappa shape index (κ3) is 4.91. The number of likely N-dealkylation sites (tertiary alicyclic amines) is 1. The second-order valence-electron chi connectivity index (χ2n) is 6.77. The number of hydrogen-bond donors (Lipinski definition) is 0. The number of benzene rings is 1. The smallest absolute Gasteiger partial charge is 0.328 e. The van der Waals surface area contributed by atoms with E-state index in [9.17, 15) is 13.2 Å². The summed E-state index contributed by atoms with van der Waals surface area (Å²) in [5, 5.41) is 7.73. The third-order valence-electron chi connectivity index (χ3n) is 4.74. The highest BCUT2D eigenvalue weighted by Gasteiger charge is 2.34. The summed E-state index contributed by atoms with van der Waals surface area (Å²) in [5.74, 6) is 0.0456. The summed E-state index contributed by atoms with van der Waals surface area (Å²) in [6.45, 7) is 2.48. The van der Waals surface area contributed by atoms with Crippen molar-refractivity contribution >= 4 is 21.8 Å². The van der Waals surface area contributed by atoms with Gasteiger partial charge < -0.3 is 9.64 Å². The molecule has 2 heterocycles. The van der Waals surface area contributed by atoms with Gasteiger partial charge >= 0.3 is 5.97 Å². The summed E-state index contributed by atoms with van der Waals surface area (Å²) >= 11 is 0. The van der Waals surface area contributed by atoms with E-state index in [4.69, 9.17) is 4.74 Å². The number of aryl methyl sites for hydroxylation is 1. The summed E-state index contributed by atoms with van der Waals surface area (Å²) in [4.78, 5) is 14.0. The Kier molecular flexibility index (Phi) is 5.88. The van der Waals surface area contributed by atoms with Gasteiger partial charge in [0.25, 0.3) is 10.0 Å². The first-order chi connectivity index (χ1) is 12.9. The number of methoxy groups -OCH3 is 1. The molecule has 1 saturated heterocycles. The van der Waals surface area contributed by atoms with Crippen LogP contribution in [0.5, 0.6) is 0 Å². The number of hydrogen-bond acceptors (Lipinski definition) is 6. The lowest BCUT2D eigenvalue weighted by molar-refractivity contribution is -0.144. The molecule has 3 rings (SSSR count). The highest BCUT2D eigenvalue weighted by atomic mass is 32.2. The zero-order valence-electron chi connectivity index (χ0n) is 15.5. The molecule has 1 aromatic rings. The molecule has 1 atom stereocenters. The summed E-state index contributed by atoms with van der Waals surface area (Å²) in [6.07, 6.45) is 3.33. The summed E-state index contributed by atoms with van der Waals surface area (Å²) in [7, 11) is -2.52. The van der Waals surface area contributed by atoms with Crippen molar-refractivity contribution in [2.75, 3.05) is 13.7 Å². The van der Waals surface area contributed by atoms with Crippen molar-refractivity contribution in [2.45, 2.75) is 56.1 Å². The number of rotatable bonds is 7. The number of nitrogens with zero attached hydrogens (tertiary/aromatic N) is 4. The van der Waals surface area contributed by atoms with E-state index >= 15 is 0 Å².